The molecule has 4 aromatic rings. The summed E-state index contributed by atoms with van der Waals surface area (Å²) in [6.45, 7) is 1.46. The Morgan fingerprint density at radius 1 is 0.929 bits per heavy atom. The number of hydrogen-bond acceptors (Lipinski definition) is 3. The Morgan fingerprint density at radius 3 is 2.54 bits per heavy atom. The van der Waals surface area contributed by atoms with Crippen LogP contribution in [0.4, 0.5) is 0 Å². The van der Waals surface area contributed by atoms with Crippen molar-refractivity contribution in [3.63, 3.8) is 0 Å². The van der Waals surface area contributed by atoms with Gasteiger partial charge in [0.1, 0.15) is 5.75 Å². The molecule has 3 aromatic carbocycles. The average molecular weight is 373 g/mol. The van der Waals surface area contributed by atoms with E-state index in [1.165, 1.54) is 12.5 Å². The third-order valence-electron chi connectivity index (χ3n) is 4.98. The van der Waals surface area contributed by atoms with E-state index in [4.69, 9.17) is 9.47 Å². The molecule has 4 rings (SSSR count). The zero-order chi connectivity index (χ0) is 19.3. The van der Waals surface area contributed by atoms with E-state index in [9.17, 15) is 4.79 Å². The number of aromatic nitrogens is 1. The topological polar surface area (TPSA) is 40.5 Å². The molecule has 0 saturated heterocycles. The average Bonchev–Trinajstić information content (AvgIpc) is 3.08. The third kappa shape index (κ3) is 3.72. The van der Waals surface area contributed by atoms with Crippen LogP contribution in [0.15, 0.2) is 72.9 Å². The number of benzene rings is 3. The van der Waals surface area contributed by atoms with E-state index < -0.39 is 0 Å². The molecular formula is C24H23NO3. The maximum absolute atomic E-state index is 11.7. The lowest BCUT2D eigenvalue weighted by molar-refractivity contribution is -0.139. The highest BCUT2D eigenvalue weighted by Crippen LogP contribution is 2.26. The van der Waals surface area contributed by atoms with Gasteiger partial charge in [0.05, 0.1) is 20.1 Å². The van der Waals surface area contributed by atoms with Crippen molar-refractivity contribution in [2.24, 2.45) is 0 Å². The van der Waals surface area contributed by atoms with E-state index in [0.29, 0.717) is 6.61 Å². The molecule has 0 aliphatic rings. The van der Waals surface area contributed by atoms with Gasteiger partial charge in [-0.15, -0.1) is 0 Å². The molecule has 142 valence electrons. The lowest BCUT2D eigenvalue weighted by Gasteiger charge is -2.10. The molecule has 0 spiro atoms. The number of nitrogens with zero attached hydrogens (tertiary/aromatic N) is 1. The van der Waals surface area contributed by atoms with E-state index in [0.717, 1.165) is 40.6 Å². The minimum absolute atomic E-state index is 0.220. The van der Waals surface area contributed by atoms with Crippen molar-refractivity contribution >= 4 is 27.6 Å². The van der Waals surface area contributed by atoms with Gasteiger partial charge in [0.15, 0.2) is 0 Å². The van der Waals surface area contributed by atoms with Crippen molar-refractivity contribution in [3.8, 4) is 5.75 Å². The summed E-state index contributed by atoms with van der Waals surface area (Å²) >= 11 is 0. The van der Waals surface area contributed by atoms with Gasteiger partial charge in [-0.2, -0.15) is 0 Å². The molecule has 0 radical (unpaired) electrons. The van der Waals surface area contributed by atoms with Crippen LogP contribution in [-0.4, -0.2) is 24.3 Å². The van der Waals surface area contributed by atoms with Gasteiger partial charge >= 0.3 is 5.97 Å². The molecule has 28 heavy (non-hydrogen) atoms. The minimum Gasteiger partial charge on any atom is -0.493 e. The molecule has 4 nitrogen and oxygen atoms in total. The molecule has 0 bridgehead atoms. The molecule has 0 fully saturated rings. The second-order valence-corrected chi connectivity index (χ2v) is 6.80. The van der Waals surface area contributed by atoms with E-state index in [2.05, 4.69) is 41.1 Å². The zero-order valence-corrected chi connectivity index (χ0v) is 15.9. The molecule has 0 N–H and O–H groups in total. The fourth-order valence-corrected chi connectivity index (χ4v) is 3.61. The lowest BCUT2D eigenvalue weighted by atomic mass is 10.1. The van der Waals surface area contributed by atoms with E-state index >= 15 is 0 Å². The Bertz CT molecular complexity index is 1110. The van der Waals surface area contributed by atoms with Gasteiger partial charge < -0.3 is 14.0 Å². The molecule has 0 atom stereocenters. The molecule has 0 unspecified atom stereocenters. The van der Waals surface area contributed by atoms with Crippen LogP contribution in [0.2, 0.25) is 0 Å². The first-order valence-electron chi connectivity index (χ1n) is 9.50. The van der Waals surface area contributed by atoms with Crippen LogP contribution in [0.5, 0.6) is 5.75 Å². The molecule has 1 aromatic heterocycles. The summed E-state index contributed by atoms with van der Waals surface area (Å²) in [6, 6.07) is 22.5. The normalized spacial score (nSPS) is 11.0. The van der Waals surface area contributed by atoms with Gasteiger partial charge in [-0.05, 0) is 29.5 Å². The van der Waals surface area contributed by atoms with Crippen molar-refractivity contribution < 1.29 is 14.3 Å². The van der Waals surface area contributed by atoms with Crippen LogP contribution in [0, 0.1) is 0 Å². The summed E-state index contributed by atoms with van der Waals surface area (Å²) in [5.74, 6) is 0.698. The quantitative estimate of drug-likeness (QED) is 0.339. The fourth-order valence-electron chi connectivity index (χ4n) is 3.61. The summed E-state index contributed by atoms with van der Waals surface area (Å²) in [5.41, 5.74) is 2.13. The van der Waals surface area contributed by atoms with Crippen molar-refractivity contribution in [2.45, 2.75) is 19.4 Å². The summed E-state index contributed by atoms with van der Waals surface area (Å²) in [5, 5.41) is 3.42. The molecular weight excluding hydrogens is 350 g/mol. The number of rotatable bonds is 7. The maximum Gasteiger partial charge on any atom is 0.310 e. The van der Waals surface area contributed by atoms with Crippen molar-refractivity contribution in [3.05, 3.63) is 78.5 Å². The van der Waals surface area contributed by atoms with Gasteiger partial charge in [-0.3, -0.25) is 4.79 Å². The minimum atomic E-state index is -0.220. The first kappa shape index (κ1) is 18.1. The largest absolute Gasteiger partial charge is 0.493 e. The predicted molar refractivity (Wildman–Crippen MR) is 112 cm³/mol. The Kier molecular flexibility index (Phi) is 5.29. The van der Waals surface area contributed by atoms with Crippen molar-refractivity contribution in [1.29, 1.82) is 0 Å². The Balaban J connectivity index is 1.45. The molecule has 4 heteroatoms. The lowest BCUT2D eigenvalue weighted by Crippen LogP contribution is -2.05. The summed E-state index contributed by atoms with van der Waals surface area (Å²) < 4.78 is 13.1. The third-order valence-corrected chi connectivity index (χ3v) is 4.98. The van der Waals surface area contributed by atoms with Gasteiger partial charge in [0, 0.05) is 29.0 Å². The van der Waals surface area contributed by atoms with E-state index in [1.807, 2.05) is 36.4 Å². The summed E-state index contributed by atoms with van der Waals surface area (Å²) in [6.07, 6.45) is 3.22. The van der Waals surface area contributed by atoms with Crippen LogP contribution in [0.25, 0.3) is 21.7 Å². The SMILES string of the molecule is COC(=O)Cc1cn(CCCOc2cccc3ccccc23)c2ccccc12. The number of methoxy groups -OCH3 is 1. The van der Waals surface area contributed by atoms with Crippen LogP contribution in [0.1, 0.15) is 12.0 Å². The highest BCUT2D eigenvalue weighted by molar-refractivity contribution is 5.88. The number of hydrogen-bond donors (Lipinski definition) is 0. The van der Waals surface area contributed by atoms with Crippen molar-refractivity contribution in [1.82, 2.24) is 4.57 Å². The van der Waals surface area contributed by atoms with Crippen LogP contribution in [-0.2, 0) is 22.5 Å². The Labute approximate surface area is 164 Å². The molecule has 0 saturated carbocycles. The number of ether oxygens (including phenoxy) is 2. The fraction of sp³-hybridized carbons (Fsp3) is 0.208. The van der Waals surface area contributed by atoms with Crippen molar-refractivity contribution in [2.75, 3.05) is 13.7 Å². The predicted octanol–water partition coefficient (Wildman–Crippen LogP) is 4.98. The maximum atomic E-state index is 11.7. The van der Waals surface area contributed by atoms with E-state index in [1.54, 1.807) is 0 Å². The molecule has 0 aliphatic carbocycles. The highest BCUT2D eigenvalue weighted by Gasteiger charge is 2.12. The van der Waals surface area contributed by atoms with Crippen LogP contribution < -0.4 is 4.74 Å². The number of esters is 1. The number of carbonyl (C=O) groups is 1. The smallest absolute Gasteiger partial charge is 0.310 e. The van der Waals surface area contributed by atoms with Gasteiger partial charge in [-0.1, -0.05) is 54.6 Å². The first-order valence-corrected chi connectivity index (χ1v) is 9.50. The Morgan fingerprint density at radius 2 is 1.68 bits per heavy atom. The van der Waals surface area contributed by atoms with Gasteiger partial charge in [0.25, 0.3) is 0 Å². The summed E-state index contributed by atoms with van der Waals surface area (Å²) in [7, 11) is 1.42. The molecule has 0 aliphatic heterocycles. The Hall–Kier alpha value is -3.27. The molecule has 1 heterocycles. The number of carbonyl (C=O) groups excluding carboxylic acids is 1. The highest BCUT2D eigenvalue weighted by atomic mass is 16.5. The first-order chi connectivity index (χ1) is 13.8. The van der Waals surface area contributed by atoms with Crippen LogP contribution >= 0.6 is 0 Å². The number of aryl methyl sites for hydroxylation is 1. The summed E-state index contributed by atoms with van der Waals surface area (Å²) in [4.78, 5) is 11.7. The standard InChI is InChI=1S/C24H23NO3/c1-27-24(26)16-19-17-25(22-12-5-4-10-20(19)22)14-7-15-28-23-13-6-9-18-8-2-3-11-21(18)23/h2-6,8-13,17H,7,14-16H2,1H3. The van der Waals surface area contributed by atoms with Gasteiger partial charge in [0.2, 0.25) is 0 Å². The monoisotopic (exact) mass is 373 g/mol. The second-order valence-electron chi connectivity index (χ2n) is 6.80. The van der Waals surface area contributed by atoms with Gasteiger partial charge in [-0.25, -0.2) is 0 Å². The van der Waals surface area contributed by atoms with Crippen LogP contribution in [0.3, 0.4) is 0 Å². The molecule has 0 amide bonds. The van der Waals surface area contributed by atoms with E-state index in [-0.39, 0.29) is 12.4 Å². The zero-order valence-electron chi connectivity index (χ0n) is 15.9. The second kappa shape index (κ2) is 8.17. The number of fused-ring (bicyclic) bond motifs is 2. The number of para-hydroxylation sites is 1.